The van der Waals surface area contributed by atoms with Crippen molar-refractivity contribution < 1.29 is 14.6 Å². The second-order valence-corrected chi connectivity index (χ2v) is 6.06. The zero-order valence-corrected chi connectivity index (χ0v) is 13.7. The van der Waals surface area contributed by atoms with E-state index in [1.165, 1.54) is 12.3 Å². The van der Waals surface area contributed by atoms with Crippen molar-refractivity contribution in [3.05, 3.63) is 49.1 Å². The van der Waals surface area contributed by atoms with Crippen LogP contribution in [0.2, 0.25) is 5.02 Å². The molecule has 4 nitrogen and oxygen atoms in total. The summed E-state index contributed by atoms with van der Waals surface area (Å²) in [6.07, 6.45) is 1.52. The quantitative estimate of drug-likeness (QED) is 0.690. The molecule has 2 rings (SSSR count). The van der Waals surface area contributed by atoms with E-state index in [4.69, 9.17) is 21.4 Å². The number of pyridine rings is 1. The van der Waals surface area contributed by atoms with Gasteiger partial charge in [-0.2, -0.15) is 0 Å². The van der Waals surface area contributed by atoms with Gasteiger partial charge in [0.25, 0.3) is 0 Å². The zero-order chi connectivity index (χ0) is 14.0. The highest BCUT2D eigenvalue weighted by Gasteiger charge is 2.14. The van der Waals surface area contributed by atoms with E-state index in [1.807, 2.05) is 22.6 Å². The third-order valence-electron chi connectivity index (χ3n) is 2.15. The zero-order valence-electron chi connectivity index (χ0n) is 9.23. The van der Waals surface area contributed by atoms with Gasteiger partial charge in [0.1, 0.15) is 16.3 Å². The van der Waals surface area contributed by atoms with Gasteiger partial charge in [-0.25, -0.2) is 9.78 Å². The van der Waals surface area contributed by atoms with Crippen molar-refractivity contribution in [3.8, 4) is 11.6 Å². The first kappa shape index (κ1) is 14.5. The molecule has 1 heterocycles. The Hall–Kier alpha value is -0.860. The SMILES string of the molecule is O=C(O)c1cc(I)ccc1Oc1ncc(Br)cc1Cl. The molecule has 0 fully saturated rings. The van der Waals surface area contributed by atoms with Gasteiger partial charge in [-0.05, 0) is 62.8 Å². The standard InChI is InChI=1S/C12H6BrClINO3/c13-6-3-9(14)11(16-5-6)19-10-2-1-7(15)4-8(10)12(17)18/h1-5H,(H,17,18). The molecule has 0 saturated carbocycles. The van der Waals surface area contributed by atoms with Crippen LogP contribution < -0.4 is 4.74 Å². The lowest BCUT2D eigenvalue weighted by Crippen LogP contribution is -2.01. The highest BCUT2D eigenvalue weighted by molar-refractivity contribution is 14.1. The van der Waals surface area contributed by atoms with Gasteiger partial charge < -0.3 is 9.84 Å². The smallest absolute Gasteiger partial charge is 0.339 e. The van der Waals surface area contributed by atoms with Crippen LogP contribution in [-0.4, -0.2) is 16.1 Å². The number of carboxylic acid groups (broad SMARTS) is 1. The lowest BCUT2D eigenvalue weighted by Gasteiger charge is -2.09. The predicted molar refractivity (Wildman–Crippen MR) is 83.1 cm³/mol. The fraction of sp³-hybridized carbons (Fsp3) is 0. The number of hydrogen-bond acceptors (Lipinski definition) is 3. The van der Waals surface area contributed by atoms with Crippen LogP contribution >= 0.6 is 50.1 Å². The predicted octanol–water partition coefficient (Wildman–Crippen LogP) is 4.59. The van der Waals surface area contributed by atoms with Gasteiger partial charge in [-0.1, -0.05) is 11.6 Å². The number of halogens is 3. The minimum atomic E-state index is -1.07. The molecule has 0 saturated heterocycles. The number of benzene rings is 1. The van der Waals surface area contributed by atoms with Crippen molar-refractivity contribution in [2.75, 3.05) is 0 Å². The van der Waals surface area contributed by atoms with Gasteiger partial charge in [-0.15, -0.1) is 0 Å². The lowest BCUT2D eigenvalue weighted by molar-refractivity contribution is 0.0694. The van der Waals surface area contributed by atoms with E-state index < -0.39 is 5.97 Å². The van der Waals surface area contributed by atoms with Gasteiger partial charge in [0.15, 0.2) is 0 Å². The number of carbonyl (C=O) groups is 1. The molecule has 1 N–H and O–H groups in total. The van der Waals surface area contributed by atoms with Gasteiger partial charge in [0.05, 0.1) is 0 Å². The molecule has 0 atom stereocenters. The van der Waals surface area contributed by atoms with Crippen molar-refractivity contribution in [1.82, 2.24) is 4.98 Å². The van der Waals surface area contributed by atoms with Crippen LogP contribution in [0.3, 0.4) is 0 Å². The number of carboxylic acids is 1. The minimum absolute atomic E-state index is 0.0627. The average Bonchev–Trinajstić information content (AvgIpc) is 2.34. The van der Waals surface area contributed by atoms with E-state index in [-0.39, 0.29) is 17.2 Å². The maximum atomic E-state index is 11.2. The average molecular weight is 454 g/mol. The van der Waals surface area contributed by atoms with Crippen LogP contribution in [0.1, 0.15) is 10.4 Å². The first-order chi connectivity index (χ1) is 8.97. The number of ether oxygens (including phenoxy) is 1. The summed E-state index contributed by atoms with van der Waals surface area (Å²) < 4.78 is 6.98. The maximum absolute atomic E-state index is 11.2. The molecule has 19 heavy (non-hydrogen) atoms. The van der Waals surface area contributed by atoms with Crippen molar-refractivity contribution >= 4 is 56.1 Å². The van der Waals surface area contributed by atoms with E-state index in [0.717, 1.165) is 3.57 Å². The molecule has 7 heteroatoms. The van der Waals surface area contributed by atoms with Gasteiger partial charge in [0.2, 0.25) is 5.88 Å². The Bertz CT molecular complexity index is 651. The number of aromatic carboxylic acids is 1. The first-order valence-corrected chi connectivity index (χ1v) is 7.24. The molecule has 1 aromatic heterocycles. The Kier molecular flexibility index (Phi) is 4.64. The Morgan fingerprint density at radius 3 is 2.79 bits per heavy atom. The topological polar surface area (TPSA) is 59.4 Å². The molecule has 0 aliphatic heterocycles. The Labute approximate surface area is 136 Å². The largest absolute Gasteiger partial charge is 0.478 e. The minimum Gasteiger partial charge on any atom is -0.478 e. The van der Waals surface area contributed by atoms with Crippen molar-refractivity contribution in [2.24, 2.45) is 0 Å². The number of aromatic nitrogens is 1. The van der Waals surface area contributed by atoms with Gasteiger partial charge in [-0.3, -0.25) is 0 Å². The molecule has 0 spiro atoms. The summed E-state index contributed by atoms with van der Waals surface area (Å²) in [5, 5.41) is 9.43. The fourth-order valence-corrected chi connectivity index (χ4v) is 2.50. The molecule has 98 valence electrons. The van der Waals surface area contributed by atoms with Crippen molar-refractivity contribution in [1.29, 1.82) is 0 Å². The van der Waals surface area contributed by atoms with E-state index in [1.54, 1.807) is 18.2 Å². The van der Waals surface area contributed by atoms with Crippen LogP contribution in [0.25, 0.3) is 0 Å². The molecule has 0 aliphatic carbocycles. The molecule has 1 aromatic carbocycles. The lowest BCUT2D eigenvalue weighted by atomic mass is 10.2. The molecule has 0 unspecified atom stereocenters. The van der Waals surface area contributed by atoms with Crippen LogP contribution in [0, 0.1) is 3.57 Å². The molecular formula is C12H6BrClINO3. The van der Waals surface area contributed by atoms with Gasteiger partial charge in [0, 0.05) is 14.2 Å². The summed E-state index contributed by atoms with van der Waals surface area (Å²) in [5.74, 6) is -0.708. The van der Waals surface area contributed by atoms with Crippen molar-refractivity contribution in [2.45, 2.75) is 0 Å². The molecule has 2 aromatic rings. The number of hydrogen-bond donors (Lipinski definition) is 1. The molecule has 0 amide bonds. The Morgan fingerprint density at radius 2 is 2.16 bits per heavy atom. The summed E-state index contributed by atoms with van der Waals surface area (Å²) in [7, 11) is 0. The summed E-state index contributed by atoms with van der Waals surface area (Å²) in [6, 6.07) is 6.46. The third-order valence-corrected chi connectivity index (χ3v) is 3.53. The van der Waals surface area contributed by atoms with E-state index >= 15 is 0 Å². The summed E-state index contributed by atoms with van der Waals surface area (Å²) in [4.78, 5) is 15.2. The van der Waals surface area contributed by atoms with E-state index in [0.29, 0.717) is 9.50 Å². The molecule has 0 bridgehead atoms. The molecular weight excluding hydrogens is 448 g/mol. The van der Waals surface area contributed by atoms with Gasteiger partial charge >= 0.3 is 5.97 Å². The monoisotopic (exact) mass is 453 g/mol. The van der Waals surface area contributed by atoms with Crippen LogP contribution in [0.5, 0.6) is 11.6 Å². The normalized spacial score (nSPS) is 10.3. The molecule has 0 radical (unpaired) electrons. The van der Waals surface area contributed by atoms with Crippen LogP contribution in [0.4, 0.5) is 0 Å². The molecule has 0 aliphatic rings. The summed E-state index contributed by atoms with van der Waals surface area (Å²) in [6.45, 7) is 0. The second-order valence-electron chi connectivity index (χ2n) is 3.49. The van der Waals surface area contributed by atoms with Crippen molar-refractivity contribution in [3.63, 3.8) is 0 Å². The fourth-order valence-electron chi connectivity index (χ4n) is 1.34. The van der Waals surface area contributed by atoms with E-state index in [9.17, 15) is 4.79 Å². The Balaban J connectivity index is 2.40. The highest BCUT2D eigenvalue weighted by Crippen LogP contribution is 2.31. The summed E-state index contributed by atoms with van der Waals surface area (Å²) >= 11 is 11.2. The third kappa shape index (κ3) is 3.58. The Morgan fingerprint density at radius 1 is 1.42 bits per heavy atom. The van der Waals surface area contributed by atoms with Crippen LogP contribution in [0.15, 0.2) is 34.9 Å². The second kappa shape index (κ2) is 6.06. The number of rotatable bonds is 3. The van der Waals surface area contributed by atoms with E-state index in [2.05, 4.69) is 20.9 Å². The number of nitrogens with zero attached hydrogens (tertiary/aromatic N) is 1. The highest BCUT2D eigenvalue weighted by atomic mass is 127. The first-order valence-electron chi connectivity index (χ1n) is 4.99. The maximum Gasteiger partial charge on any atom is 0.339 e. The van der Waals surface area contributed by atoms with Crippen LogP contribution in [-0.2, 0) is 0 Å². The summed E-state index contributed by atoms with van der Waals surface area (Å²) in [5.41, 5.74) is 0.0627.